The maximum atomic E-state index is 14.8. The molecular formula is C41H66N2O10. The van der Waals surface area contributed by atoms with Gasteiger partial charge in [0, 0.05) is 51.3 Å². The molecule has 12 nitrogen and oxygen atoms in total. The average molecular weight is 747 g/mol. The molecule has 0 spiro atoms. The summed E-state index contributed by atoms with van der Waals surface area (Å²) in [7, 11) is 9.18. The molecule has 53 heavy (non-hydrogen) atoms. The predicted octanol–water partition coefficient (Wildman–Crippen LogP) is 4.27. The van der Waals surface area contributed by atoms with E-state index in [0.29, 0.717) is 30.3 Å². The highest BCUT2D eigenvalue weighted by Crippen LogP contribution is 2.60. The monoisotopic (exact) mass is 746 g/mol. The topological polar surface area (TPSA) is 133 Å². The van der Waals surface area contributed by atoms with Crippen LogP contribution in [-0.2, 0) is 47.5 Å². The molecule has 4 unspecified atom stereocenters. The Balaban J connectivity index is 1.11. The normalized spacial score (nSPS) is 48.8. The molecule has 7 rings (SSSR count). The number of nitrogens with one attached hydrogen (secondary N) is 1. The van der Waals surface area contributed by atoms with E-state index in [2.05, 4.69) is 44.2 Å². The maximum Gasteiger partial charge on any atom is 0.306 e. The average Bonchev–Trinajstić information content (AvgIpc) is 3.67. The smallest absolute Gasteiger partial charge is 0.306 e. The van der Waals surface area contributed by atoms with Crippen molar-refractivity contribution in [3.63, 3.8) is 0 Å². The molecule has 2 saturated carbocycles. The lowest BCUT2D eigenvalue weighted by Crippen LogP contribution is -2.59. The second-order valence-electron chi connectivity index (χ2n) is 17.3. The quantitative estimate of drug-likeness (QED) is 0.267. The Morgan fingerprint density at radius 2 is 1.58 bits per heavy atom. The van der Waals surface area contributed by atoms with E-state index < -0.39 is 12.4 Å². The molecule has 4 heterocycles. The van der Waals surface area contributed by atoms with Crippen molar-refractivity contribution in [1.82, 2.24) is 10.2 Å². The molecule has 0 aromatic rings. The predicted molar refractivity (Wildman–Crippen MR) is 196 cm³/mol. The van der Waals surface area contributed by atoms with Gasteiger partial charge in [0.15, 0.2) is 18.4 Å². The van der Waals surface area contributed by atoms with Crippen molar-refractivity contribution in [2.75, 3.05) is 35.4 Å². The summed E-state index contributed by atoms with van der Waals surface area (Å²) in [5, 5.41) is 3.82. The van der Waals surface area contributed by atoms with Gasteiger partial charge in [0.25, 0.3) is 0 Å². The number of likely N-dealkylation sites (N-methyl/N-ethyl adjacent to an activating group) is 1. The van der Waals surface area contributed by atoms with Crippen molar-refractivity contribution < 1.29 is 47.5 Å². The second-order valence-corrected chi connectivity index (χ2v) is 17.3. The van der Waals surface area contributed by atoms with Crippen LogP contribution in [0.1, 0.15) is 85.5 Å². The fraction of sp³-hybridized carbons (Fsp3) is 0.902. The third kappa shape index (κ3) is 7.80. The number of esters is 1. The molecule has 0 bridgehead atoms. The zero-order valence-corrected chi connectivity index (χ0v) is 33.4. The third-order valence-electron chi connectivity index (χ3n) is 14.2. The minimum Gasteiger partial charge on any atom is -0.462 e. The number of allylic oxidation sites excluding steroid dienone is 2. The number of nitrogens with zero attached hydrogens (tertiary/aromatic N) is 1. The molecule has 7 aliphatic rings. The summed E-state index contributed by atoms with van der Waals surface area (Å²) in [4.78, 5) is 30.6. The Bertz CT molecular complexity index is 1330. The molecule has 3 aliphatic carbocycles. The minimum absolute atomic E-state index is 0.0316. The van der Waals surface area contributed by atoms with Crippen LogP contribution in [0, 0.1) is 35.5 Å². The summed E-state index contributed by atoms with van der Waals surface area (Å²) in [6.07, 6.45) is 6.49. The second kappa shape index (κ2) is 16.5. The van der Waals surface area contributed by atoms with Crippen LogP contribution < -0.4 is 5.32 Å². The van der Waals surface area contributed by atoms with Crippen LogP contribution in [0.3, 0.4) is 0 Å². The summed E-state index contributed by atoms with van der Waals surface area (Å²) in [5.74, 6) is 0.423. The van der Waals surface area contributed by atoms with Crippen LogP contribution >= 0.6 is 0 Å². The Hall–Kier alpha value is -1.48. The van der Waals surface area contributed by atoms with Gasteiger partial charge in [0.05, 0.1) is 30.8 Å². The number of Topliss-reactive ketones (excluding diaryl/α,β-unsaturated/α-hetero) is 1. The number of rotatable bonds is 9. The SMILES string of the molecule is CC[C@H]1CCC[C@H](O[C@H]2CC[C@H](N(C)C)C(C)O2)[C@@H](C)C(=O)C2=C[C@H]3[C@@H]4C[C@H](O[C@@H]5OC(C)[C@H](OC)C(OC)C5OC)C[C@H]4[C@H]4N[C@H]4[C@H]3[C@@H]2CC(=O)O1. The van der Waals surface area contributed by atoms with Gasteiger partial charge in [-0.15, -0.1) is 0 Å². The first-order valence-corrected chi connectivity index (χ1v) is 20.6. The molecule has 19 atom stereocenters. The Morgan fingerprint density at radius 3 is 2.26 bits per heavy atom. The van der Waals surface area contributed by atoms with E-state index in [1.54, 1.807) is 21.3 Å². The number of ketones is 1. The molecule has 300 valence electrons. The summed E-state index contributed by atoms with van der Waals surface area (Å²) in [5.41, 5.74) is 0.798. The lowest BCUT2D eigenvalue weighted by atomic mass is 9.66. The van der Waals surface area contributed by atoms with Gasteiger partial charge < -0.3 is 48.1 Å². The van der Waals surface area contributed by atoms with Crippen LogP contribution in [0.15, 0.2) is 11.6 Å². The first-order valence-electron chi connectivity index (χ1n) is 20.6. The molecule has 0 radical (unpaired) electrons. The third-order valence-corrected chi connectivity index (χ3v) is 14.2. The van der Waals surface area contributed by atoms with Gasteiger partial charge in [-0.05, 0) is 109 Å². The van der Waals surface area contributed by atoms with Crippen LogP contribution in [0.4, 0.5) is 0 Å². The van der Waals surface area contributed by atoms with Crippen molar-refractivity contribution in [3.05, 3.63) is 11.6 Å². The van der Waals surface area contributed by atoms with E-state index >= 15 is 0 Å². The molecule has 0 amide bonds. The fourth-order valence-corrected chi connectivity index (χ4v) is 11.5. The van der Waals surface area contributed by atoms with E-state index in [0.717, 1.165) is 50.5 Å². The summed E-state index contributed by atoms with van der Waals surface area (Å²) >= 11 is 0. The van der Waals surface area contributed by atoms with Crippen molar-refractivity contribution in [2.45, 2.75) is 165 Å². The van der Waals surface area contributed by atoms with Gasteiger partial charge in [0.2, 0.25) is 0 Å². The number of ether oxygens (including phenoxy) is 8. The first-order chi connectivity index (χ1) is 25.5. The van der Waals surface area contributed by atoms with Crippen molar-refractivity contribution in [3.8, 4) is 0 Å². The Kier molecular flexibility index (Phi) is 12.4. The number of carbonyl (C=O) groups excluding carboxylic acids is 2. The van der Waals surface area contributed by atoms with Gasteiger partial charge in [-0.3, -0.25) is 9.59 Å². The van der Waals surface area contributed by atoms with Crippen LogP contribution in [0.2, 0.25) is 0 Å². The Labute approximate surface area is 316 Å². The van der Waals surface area contributed by atoms with E-state index in [9.17, 15) is 9.59 Å². The highest BCUT2D eigenvalue weighted by atomic mass is 16.7. The van der Waals surface area contributed by atoms with Crippen molar-refractivity contribution >= 4 is 11.8 Å². The molecule has 4 aliphatic heterocycles. The summed E-state index contributed by atoms with van der Waals surface area (Å²) in [6.45, 7) is 8.21. The maximum absolute atomic E-state index is 14.8. The lowest BCUT2D eigenvalue weighted by molar-refractivity contribution is -0.314. The summed E-state index contributed by atoms with van der Waals surface area (Å²) in [6, 6.07) is 0.946. The molecule has 0 aromatic heterocycles. The fourth-order valence-electron chi connectivity index (χ4n) is 11.5. The van der Waals surface area contributed by atoms with Gasteiger partial charge in [-0.2, -0.15) is 0 Å². The van der Waals surface area contributed by atoms with E-state index in [1.165, 1.54) is 0 Å². The lowest BCUT2D eigenvalue weighted by Gasteiger charge is -2.44. The number of carbonyl (C=O) groups is 2. The molecule has 12 heteroatoms. The van der Waals surface area contributed by atoms with Crippen LogP contribution in [0.25, 0.3) is 0 Å². The molecular weight excluding hydrogens is 680 g/mol. The molecule has 0 aromatic carbocycles. The number of methoxy groups -OCH3 is 3. The van der Waals surface area contributed by atoms with E-state index in [4.69, 9.17) is 37.9 Å². The van der Waals surface area contributed by atoms with Gasteiger partial charge in [-0.25, -0.2) is 0 Å². The number of hydrogen-bond acceptors (Lipinski definition) is 12. The minimum atomic E-state index is -0.585. The highest BCUT2D eigenvalue weighted by Gasteiger charge is 2.65. The Morgan fingerprint density at radius 1 is 0.849 bits per heavy atom. The van der Waals surface area contributed by atoms with Crippen molar-refractivity contribution in [1.29, 1.82) is 0 Å². The molecule has 6 fully saturated rings. The van der Waals surface area contributed by atoms with Crippen LogP contribution in [-0.4, -0.2) is 132 Å². The number of hydrogen-bond donors (Lipinski definition) is 1. The number of cyclic esters (lactones) is 1. The number of fused-ring (bicyclic) bond motifs is 8. The van der Waals surface area contributed by atoms with E-state index in [1.807, 2.05) is 13.8 Å². The van der Waals surface area contributed by atoms with Gasteiger partial charge in [0.1, 0.15) is 24.4 Å². The largest absolute Gasteiger partial charge is 0.462 e. The zero-order valence-electron chi connectivity index (χ0n) is 33.4. The van der Waals surface area contributed by atoms with E-state index in [-0.39, 0.29) is 96.9 Å². The zero-order chi connectivity index (χ0) is 37.7. The first kappa shape index (κ1) is 39.7. The van der Waals surface area contributed by atoms with Gasteiger partial charge in [-0.1, -0.05) is 19.9 Å². The molecule has 1 N–H and O–H groups in total. The summed E-state index contributed by atoms with van der Waals surface area (Å²) < 4.78 is 49.8. The standard InChI is InChI=1S/C41H66N2O10/c1-10-23-12-11-13-31(53-33-15-14-30(43(5)6)21(3)49-33)20(2)37(45)29-18-26-25-16-24(52-41-40(48-9)39(47-8)38(46-7)22(4)50-41)17-28(25)35-36(42-35)34(26)27(29)19-32(44)51-23/h18,20-28,30-31,33-36,38-42H,10-17,19H2,1-9H3/t20-,21?,22?,23+,24+,25+,26+,27-,28-,30+,31+,33+,34-,35-,36+,38+,39?,40?,41+/m1/s1. The molecule has 4 saturated heterocycles. The van der Waals surface area contributed by atoms with Crippen LogP contribution in [0.5, 0.6) is 0 Å². The van der Waals surface area contributed by atoms with Gasteiger partial charge >= 0.3 is 5.97 Å². The highest BCUT2D eigenvalue weighted by molar-refractivity contribution is 5.99. The van der Waals surface area contributed by atoms with Crippen molar-refractivity contribution in [2.24, 2.45) is 35.5 Å².